The summed E-state index contributed by atoms with van der Waals surface area (Å²) < 4.78 is 32.1. The van der Waals surface area contributed by atoms with Gasteiger partial charge in [-0.15, -0.1) is 12.4 Å². The van der Waals surface area contributed by atoms with E-state index in [0.29, 0.717) is 13.0 Å². The van der Waals surface area contributed by atoms with Crippen LogP contribution in [0.15, 0.2) is 24.3 Å². The van der Waals surface area contributed by atoms with Crippen LogP contribution in [0.25, 0.3) is 0 Å². The summed E-state index contributed by atoms with van der Waals surface area (Å²) in [6.07, 6.45) is 0.608. The van der Waals surface area contributed by atoms with Crippen molar-refractivity contribution in [3.63, 3.8) is 0 Å². The molecule has 0 radical (unpaired) electrons. The summed E-state index contributed by atoms with van der Waals surface area (Å²) in [5.74, 6) is -2.75. The van der Waals surface area contributed by atoms with Crippen LogP contribution in [0.2, 0.25) is 0 Å². The van der Waals surface area contributed by atoms with Crippen molar-refractivity contribution in [3.8, 4) is 5.75 Å². The normalized spacial score (nSPS) is 10.7. The monoisotopic (exact) mass is 434 g/mol. The summed E-state index contributed by atoms with van der Waals surface area (Å²) in [5, 5.41) is 2.15. The van der Waals surface area contributed by atoms with Gasteiger partial charge in [-0.05, 0) is 53.3 Å². The summed E-state index contributed by atoms with van der Waals surface area (Å²) in [6.45, 7) is -1.13. The second-order valence-corrected chi connectivity index (χ2v) is 5.49. The van der Waals surface area contributed by atoms with Crippen molar-refractivity contribution in [1.82, 2.24) is 5.32 Å². The first-order valence-electron chi connectivity index (χ1n) is 6.16. The van der Waals surface area contributed by atoms with Crippen molar-refractivity contribution in [2.75, 3.05) is 19.7 Å². The van der Waals surface area contributed by atoms with Crippen molar-refractivity contribution in [3.05, 3.63) is 27.8 Å². The second-order valence-electron chi connectivity index (χ2n) is 4.24. The molecule has 0 aliphatic heterocycles. The highest BCUT2D eigenvalue weighted by Crippen LogP contribution is 2.13. The minimum atomic E-state index is -3.05. The van der Waals surface area contributed by atoms with Gasteiger partial charge in [0.15, 0.2) is 0 Å². The topological polar surface area (TPSA) is 64.3 Å². The number of amides is 1. The lowest BCUT2D eigenvalue weighted by Crippen LogP contribution is -2.41. The van der Waals surface area contributed by atoms with Gasteiger partial charge in [-0.3, -0.25) is 4.79 Å². The maximum absolute atomic E-state index is 12.8. The molecule has 1 aromatic carbocycles. The Morgan fingerprint density at radius 1 is 1.33 bits per heavy atom. The van der Waals surface area contributed by atoms with Crippen molar-refractivity contribution >= 4 is 40.9 Å². The van der Waals surface area contributed by atoms with E-state index in [1.165, 1.54) is 0 Å². The standard InChI is InChI=1S/C13H17F2IN2O2.ClH/c14-13(15,8-17)9-18-12(19)2-1-7-20-11-5-3-10(16)4-6-11;/h3-6H,1-2,7-9,17H2,(H,18,19);1H. The summed E-state index contributed by atoms with van der Waals surface area (Å²) in [5.41, 5.74) is 4.87. The van der Waals surface area contributed by atoms with Gasteiger partial charge in [-0.2, -0.15) is 0 Å². The van der Waals surface area contributed by atoms with E-state index in [0.717, 1.165) is 9.32 Å². The van der Waals surface area contributed by atoms with Gasteiger partial charge in [0.1, 0.15) is 5.75 Å². The van der Waals surface area contributed by atoms with E-state index in [-0.39, 0.29) is 18.8 Å². The Morgan fingerprint density at radius 3 is 2.52 bits per heavy atom. The predicted molar refractivity (Wildman–Crippen MR) is 88.1 cm³/mol. The van der Waals surface area contributed by atoms with Gasteiger partial charge in [-0.1, -0.05) is 0 Å². The van der Waals surface area contributed by atoms with Crippen LogP contribution < -0.4 is 15.8 Å². The molecule has 21 heavy (non-hydrogen) atoms. The molecule has 0 heterocycles. The van der Waals surface area contributed by atoms with Crippen LogP contribution in [0.4, 0.5) is 8.78 Å². The Balaban J connectivity index is 0.00000400. The van der Waals surface area contributed by atoms with Crippen molar-refractivity contribution in [2.45, 2.75) is 18.8 Å². The average molecular weight is 435 g/mol. The third kappa shape index (κ3) is 9.05. The fourth-order valence-corrected chi connectivity index (χ4v) is 1.70. The van der Waals surface area contributed by atoms with Crippen LogP contribution in [0, 0.1) is 3.57 Å². The number of nitrogens with two attached hydrogens (primary N) is 1. The molecule has 120 valence electrons. The molecule has 0 aliphatic carbocycles. The first-order chi connectivity index (χ1) is 9.43. The molecule has 0 unspecified atom stereocenters. The second kappa shape index (κ2) is 10.1. The molecule has 0 saturated carbocycles. The minimum absolute atomic E-state index is 0. The predicted octanol–water partition coefficient (Wildman–Crippen LogP) is 2.58. The van der Waals surface area contributed by atoms with Crippen molar-refractivity contribution < 1.29 is 18.3 Å². The quantitative estimate of drug-likeness (QED) is 0.488. The third-order valence-corrected chi connectivity index (χ3v) is 3.19. The number of benzene rings is 1. The van der Waals surface area contributed by atoms with Crippen LogP contribution in [0.1, 0.15) is 12.8 Å². The Labute approximate surface area is 142 Å². The van der Waals surface area contributed by atoms with E-state index < -0.39 is 24.9 Å². The van der Waals surface area contributed by atoms with Crippen LogP contribution in [0.3, 0.4) is 0 Å². The summed E-state index contributed by atoms with van der Waals surface area (Å²) in [7, 11) is 0. The SMILES string of the molecule is Cl.NCC(F)(F)CNC(=O)CCCOc1ccc(I)cc1. The van der Waals surface area contributed by atoms with Gasteiger partial charge in [0.25, 0.3) is 5.92 Å². The highest BCUT2D eigenvalue weighted by Gasteiger charge is 2.26. The fourth-order valence-electron chi connectivity index (χ4n) is 1.34. The third-order valence-electron chi connectivity index (χ3n) is 2.47. The van der Waals surface area contributed by atoms with Gasteiger partial charge in [0, 0.05) is 9.99 Å². The maximum atomic E-state index is 12.8. The summed E-state index contributed by atoms with van der Waals surface area (Å²) >= 11 is 2.19. The number of hydrogen-bond donors (Lipinski definition) is 2. The molecule has 0 atom stereocenters. The largest absolute Gasteiger partial charge is 0.494 e. The van der Waals surface area contributed by atoms with Crippen LogP contribution in [-0.4, -0.2) is 31.5 Å². The number of alkyl halides is 2. The van der Waals surface area contributed by atoms with E-state index in [1.54, 1.807) is 0 Å². The minimum Gasteiger partial charge on any atom is -0.494 e. The lowest BCUT2D eigenvalue weighted by Gasteiger charge is -2.14. The zero-order valence-electron chi connectivity index (χ0n) is 11.3. The maximum Gasteiger partial charge on any atom is 0.277 e. The Kier molecular flexibility index (Phi) is 9.80. The fraction of sp³-hybridized carbons (Fsp3) is 0.462. The molecular weight excluding hydrogens is 417 g/mol. The van der Waals surface area contributed by atoms with E-state index in [2.05, 4.69) is 27.9 Å². The van der Waals surface area contributed by atoms with Crippen LogP contribution >= 0.6 is 35.0 Å². The Bertz CT molecular complexity index is 433. The first kappa shape index (κ1) is 20.3. The Morgan fingerprint density at radius 2 is 1.95 bits per heavy atom. The number of halogens is 4. The molecule has 0 bridgehead atoms. The zero-order valence-corrected chi connectivity index (χ0v) is 14.3. The molecule has 0 fully saturated rings. The molecule has 4 nitrogen and oxygen atoms in total. The number of ether oxygens (including phenoxy) is 1. The van der Waals surface area contributed by atoms with E-state index in [4.69, 9.17) is 10.5 Å². The van der Waals surface area contributed by atoms with Gasteiger partial charge < -0.3 is 15.8 Å². The molecule has 0 aliphatic rings. The highest BCUT2D eigenvalue weighted by atomic mass is 127. The number of carbonyl (C=O) groups is 1. The van der Waals surface area contributed by atoms with Gasteiger partial charge in [0.2, 0.25) is 5.91 Å². The smallest absolute Gasteiger partial charge is 0.277 e. The van der Waals surface area contributed by atoms with Crippen LogP contribution in [-0.2, 0) is 4.79 Å². The lowest BCUT2D eigenvalue weighted by molar-refractivity contribution is -0.123. The Hall–Kier alpha value is -0.670. The van der Waals surface area contributed by atoms with Crippen molar-refractivity contribution in [2.24, 2.45) is 5.73 Å². The molecule has 1 rings (SSSR count). The molecular formula is C13H18ClF2IN2O2. The van der Waals surface area contributed by atoms with E-state index in [9.17, 15) is 13.6 Å². The summed E-state index contributed by atoms with van der Waals surface area (Å²) in [4.78, 5) is 11.3. The molecule has 1 amide bonds. The van der Waals surface area contributed by atoms with Crippen LogP contribution in [0.5, 0.6) is 5.75 Å². The average Bonchev–Trinajstić information content (AvgIpc) is 2.43. The van der Waals surface area contributed by atoms with Gasteiger partial charge in [0.05, 0.1) is 19.7 Å². The lowest BCUT2D eigenvalue weighted by atomic mass is 10.3. The number of carbonyl (C=O) groups excluding carboxylic acids is 1. The zero-order chi connectivity index (χ0) is 15.0. The molecule has 1 aromatic rings. The molecule has 3 N–H and O–H groups in total. The number of rotatable bonds is 8. The molecule has 8 heteroatoms. The summed E-state index contributed by atoms with van der Waals surface area (Å²) in [6, 6.07) is 7.50. The number of hydrogen-bond acceptors (Lipinski definition) is 3. The van der Waals surface area contributed by atoms with Gasteiger partial charge in [-0.25, -0.2) is 8.78 Å². The first-order valence-corrected chi connectivity index (χ1v) is 7.24. The molecule has 0 aromatic heterocycles. The molecule has 0 spiro atoms. The molecule has 0 saturated heterocycles. The van der Waals surface area contributed by atoms with Crippen molar-refractivity contribution in [1.29, 1.82) is 0 Å². The van der Waals surface area contributed by atoms with Gasteiger partial charge >= 0.3 is 0 Å². The van der Waals surface area contributed by atoms with E-state index in [1.807, 2.05) is 24.3 Å². The van der Waals surface area contributed by atoms with E-state index >= 15 is 0 Å². The number of nitrogens with one attached hydrogen (secondary N) is 1. The highest BCUT2D eigenvalue weighted by molar-refractivity contribution is 14.1.